The molecule has 0 spiro atoms. The molecule has 0 aliphatic rings. The molecule has 7 heteroatoms. The van der Waals surface area contributed by atoms with Crippen molar-refractivity contribution >= 4 is 17.0 Å². The van der Waals surface area contributed by atoms with E-state index in [1.807, 2.05) is 18.2 Å². The van der Waals surface area contributed by atoms with Crippen molar-refractivity contribution in [2.24, 2.45) is 12.8 Å². The Morgan fingerprint density at radius 2 is 2.04 bits per heavy atom. The van der Waals surface area contributed by atoms with E-state index in [2.05, 4.69) is 27.6 Å². The predicted octanol–water partition coefficient (Wildman–Crippen LogP) is 1.68. The molecule has 122 valence electrons. The van der Waals surface area contributed by atoms with Crippen molar-refractivity contribution in [3.8, 4) is 0 Å². The minimum Gasteiger partial charge on any atom is -0.477 e. The summed E-state index contributed by atoms with van der Waals surface area (Å²) in [5, 5.41) is 12.1. The molecule has 0 radical (unpaired) electrons. The van der Waals surface area contributed by atoms with E-state index in [-0.39, 0.29) is 5.69 Å². The van der Waals surface area contributed by atoms with Gasteiger partial charge in [-0.1, -0.05) is 12.1 Å². The number of carbonyl (C=O) groups is 1. The molecular formula is C16H21N5O2. The third kappa shape index (κ3) is 3.75. The molecule has 0 unspecified atom stereocenters. The average molecular weight is 315 g/mol. The zero-order chi connectivity index (χ0) is 16.8. The third-order valence-electron chi connectivity index (χ3n) is 3.46. The molecule has 23 heavy (non-hydrogen) atoms. The summed E-state index contributed by atoms with van der Waals surface area (Å²) in [5.74, 6) is 0.145. The van der Waals surface area contributed by atoms with E-state index in [0.717, 1.165) is 24.3 Å². The van der Waals surface area contributed by atoms with Gasteiger partial charge in [0.2, 0.25) is 0 Å². The molecule has 2 aromatic heterocycles. The minimum absolute atomic E-state index is 0.204. The second-order valence-corrected chi connectivity index (χ2v) is 4.94. The van der Waals surface area contributed by atoms with Crippen LogP contribution in [-0.2, 0) is 20.0 Å². The quantitative estimate of drug-likeness (QED) is 0.763. The standard InChI is InChI=1S/C11H15N3.C5H6N2O2/c1-2-14-10-6-4-3-5-9(10)13-11(14)7-8-12;1-7-4(5(8)9)2-3-6-7/h3-6H,2,7-8,12H2,1H3;2-3H,1H3,(H,8,9). The third-order valence-corrected chi connectivity index (χ3v) is 3.46. The summed E-state index contributed by atoms with van der Waals surface area (Å²) in [7, 11) is 1.59. The van der Waals surface area contributed by atoms with E-state index in [0.29, 0.717) is 6.54 Å². The lowest BCUT2D eigenvalue weighted by atomic mass is 10.3. The van der Waals surface area contributed by atoms with Gasteiger partial charge >= 0.3 is 5.97 Å². The van der Waals surface area contributed by atoms with Gasteiger partial charge in [-0.15, -0.1) is 0 Å². The summed E-state index contributed by atoms with van der Waals surface area (Å²) >= 11 is 0. The number of imidazole rings is 1. The molecule has 0 saturated carbocycles. The molecule has 0 saturated heterocycles. The zero-order valence-corrected chi connectivity index (χ0v) is 13.3. The maximum Gasteiger partial charge on any atom is 0.354 e. The molecular weight excluding hydrogens is 294 g/mol. The van der Waals surface area contributed by atoms with Crippen LogP contribution < -0.4 is 5.73 Å². The Kier molecular flexibility index (Phi) is 5.48. The maximum absolute atomic E-state index is 10.2. The molecule has 3 aromatic rings. The number of carboxylic acid groups (broad SMARTS) is 1. The Morgan fingerprint density at radius 3 is 2.57 bits per heavy atom. The zero-order valence-electron chi connectivity index (χ0n) is 13.3. The lowest BCUT2D eigenvalue weighted by Crippen LogP contribution is -2.09. The number of nitrogens with zero attached hydrogens (tertiary/aromatic N) is 4. The highest BCUT2D eigenvalue weighted by atomic mass is 16.4. The fourth-order valence-corrected chi connectivity index (χ4v) is 2.38. The summed E-state index contributed by atoms with van der Waals surface area (Å²) in [6.45, 7) is 3.74. The molecule has 0 amide bonds. The molecule has 0 aliphatic heterocycles. The van der Waals surface area contributed by atoms with E-state index in [4.69, 9.17) is 10.8 Å². The van der Waals surface area contributed by atoms with Crippen LogP contribution in [0.3, 0.4) is 0 Å². The highest BCUT2D eigenvalue weighted by Gasteiger charge is 2.07. The van der Waals surface area contributed by atoms with E-state index >= 15 is 0 Å². The summed E-state index contributed by atoms with van der Waals surface area (Å²) in [5.41, 5.74) is 8.03. The highest BCUT2D eigenvalue weighted by Crippen LogP contribution is 2.15. The van der Waals surface area contributed by atoms with Crippen molar-refractivity contribution in [3.63, 3.8) is 0 Å². The first-order chi connectivity index (χ1) is 11.1. The Hall–Kier alpha value is -2.67. The van der Waals surface area contributed by atoms with Gasteiger partial charge in [-0.25, -0.2) is 9.78 Å². The van der Waals surface area contributed by atoms with Crippen molar-refractivity contribution in [2.75, 3.05) is 6.54 Å². The van der Waals surface area contributed by atoms with Crippen LogP contribution in [0.15, 0.2) is 36.5 Å². The first kappa shape index (κ1) is 16.7. The fourth-order valence-electron chi connectivity index (χ4n) is 2.38. The van der Waals surface area contributed by atoms with Gasteiger partial charge in [0.05, 0.1) is 11.0 Å². The lowest BCUT2D eigenvalue weighted by molar-refractivity contribution is 0.0685. The number of carboxylic acids is 1. The molecule has 0 fully saturated rings. The number of benzene rings is 1. The monoisotopic (exact) mass is 315 g/mol. The molecule has 2 heterocycles. The first-order valence-electron chi connectivity index (χ1n) is 7.44. The molecule has 0 atom stereocenters. The van der Waals surface area contributed by atoms with Gasteiger partial charge in [0.25, 0.3) is 0 Å². The number of nitrogens with two attached hydrogens (primary N) is 1. The largest absolute Gasteiger partial charge is 0.477 e. The van der Waals surface area contributed by atoms with Crippen LogP contribution in [0.25, 0.3) is 11.0 Å². The molecule has 0 aliphatic carbocycles. The molecule has 3 N–H and O–H groups in total. The number of rotatable bonds is 4. The van der Waals surface area contributed by atoms with Gasteiger partial charge in [0, 0.05) is 26.2 Å². The van der Waals surface area contributed by atoms with E-state index < -0.39 is 5.97 Å². The Bertz CT molecular complexity index is 791. The van der Waals surface area contributed by atoms with Gasteiger partial charge in [-0.05, 0) is 31.7 Å². The van der Waals surface area contributed by atoms with Crippen LogP contribution in [0, 0.1) is 0 Å². The van der Waals surface area contributed by atoms with Gasteiger partial charge < -0.3 is 15.4 Å². The topological polar surface area (TPSA) is 99.0 Å². The van der Waals surface area contributed by atoms with Gasteiger partial charge in [-0.3, -0.25) is 4.68 Å². The van der Waals surface area contributed by atoms with Crippen molar-refractivity contribution in [1.29, 1.82) is 0 Å². The van der Waals surface area contributed by atoms with E-state index in [1.54, 1.807) is 7.05 Å². The number of hydrogen-bond acceptors (Lipinski definition) is 4. The number of fused-ring (bicyclic) bond motifs is 1. The van der Waals surface area contributed by atoms with E-state index in [9.17, 15) is 4.79 Å². The van der Waals surface area contributed by atoms with Gasteiger partial charge in [0.1, 0.15) is 11.5 Å². The second-order valence-electron chi connectivity index (χ2n) is 4.94. The van der Waals surface area contributed by atoms with Gasteiger partial charge in [-0.2, -0.15) is 5.10 Å². The summed E-state index contributed by atoms with van der Waals surface area (Å²) < 4.78 is 3.53. The van der Waals surface area contributed by atoms with Crippen LogP contribution in [0.1, 0.15) is 23.2 Å². The van der Waals surface area contributed by atoms with E-state index in [1.165, 1.54) is 22.5 Å². The first-order valence-corrected chi connectivity index (χ1v) is 7.44. The summed E-state index contributed by atoms with van der Waals surface area (Å²) in [6, 6.07) is 9.65. The fraction of sp³-hybridized carbons (Fsp3) is 0.312. The Balaban J connectivity index is 0.000000185. The second kappa shape index (κ2) is 7.55. The van der Waals surface area contributed by atoms with Crippen molar-refractivity contribution in [1.82, 2.24) is 19.3 Å². The Labute approximate surface area is 134 Å². The van der Waals surface area contributed by atoms with Crippen LogP contribution >= 0.6 is 0 Å². The van der Waals surface area contributed by atoms with Crippen LogP contribution in [0.2, 0.25) is 0 Å². The van der Waals surface area contributed by atoms with Gasteiger partial charge in [0.15, 0.2) is 0 Å². The number of aromatic carboxylic acids is 1. The molecule has 0 bridgehead atoms. The average Bonchev–Trinajstić information content (AvgIpc) is 3.11. The van der Waals surface area contributed by atoms with Crippen molar-refractivity contribution in [2.45, 2.75) is 19.9 Å². The normalized spacial score (nSPS) is 10.4. The van der Waals surface area contributed by atoms with Crippen LogP contribution in [-0.4, -0.2) is 37.0 Å². The maximum atomic E-state index is 10.2. The highest BCUT2D eigenvalue weighted by molar-refractivity contribution is 5.85. The van der Waals surface area contributed by atoms with Crippen molar-refractivity contribution < 1.29 is 9.90 Å². The number of aryl methyl sites for hydroxylation is 2. The molecule has 3 rings (SSSR count). The Morgan fingerprint density at radius 1 is 1.30 bits per heavy atom. The SMILES string of the molecule is CCn1c(CCN)nc2ccccc21.Cn1nccc1C(=O)O. The lowest BCUT2D eigenvalue weighted by Gasteiger charge is -2.03. The van der Waals surface area contributed by atoms with Crippen LogP contribution in [0.4, 0.5) is 0 Å². The summed E-state index contributed by atoms with van der Waals surface area (Å²) in [6.07, 6.45) is 2.30. The number of hydrogen-bond donors (Lipinski definition) is 2. The number of para-hydroxylation sites is 2. The van der Waals surface area contributed by atoms with Crippen LogP contribution in [0.5, 0.6) is 0 Å². The minimum atomic E-state index is -0.949. The molecule has 7 nitrogen and oxygen atoms in total. The smallest absolute Gasteiger partial charge is 0.354 e. The molecule has 1 aromatic carbocycles. The number of aromatic nitrogens is 4. The predicted molar refractivity (Wildman–Crippen MR) is 88.3 cm³/mol. The van der Waals surface area contributed by atoms with Crippen molar-refractivity contribution in [3.05, 3.63) is 48.0 Å². The summed E-state index contributed by atoms with van der Waals surface area (Å²) in [4.78, 5) is 14.8.